The first-order valence-corrected chi connectivity index (χ1v) is 13.2. The van der Waals surface area contributed by atoms with Gasteiger partial charge in [0.25, 0.3) is 0 Å². The lowest BCUT2D eigenvalue weighted by Crippen LogP contribution is -2.72. The van der Waals surface area contributed by atoms with Gasteiger partial charge in [0.1, 0.15) is 48.3 Å². The summed E-state index contributed by atoms with van der Waals surface area (Å²) in [5, 5.41) is 72.1. The van der Waals surface area contributed by atoms with Crippen molar-refractivity contribution in [1.82, 2.24) is 0 Å². The van der Waals surface area contributed by atoms with Gasteiger partial charge in [-0.1, -0.05) is 26.0 Å². The molecule has 1 aromatic heterocycles. The fourth-order valence-electron chi connectivity index (χ4n) is 4.76. The van der Waals surface area contributed by atoms with Crippen molar-refractivity contribution in [3.63, 3.8) is 0 Å². The van der Waals surface area contributed by atoms with Crippen molar-refractivity contribution in [2.24, 2.45) is 5.92 Å². The zero-order valence-electron chi connectivity index (χ0n) is 23.1. The van der Waals surface area contributed by atoms with Crippen LogP contribution in [0.15, 0.2) is 57.9 Å². The van der Waals surface area contributed by atoms with E-state index in [9.17, 15) is 45.0 Å². The molecule has 1 aliphatic heterocycles. The molecule has 0 spiro atoms. The van der Waals surface area contributed by atoms with Crippen LogP contribution in [-0.2, 0) is 19.1 Å². The van der Waals surface area contributed by atoms with Crippen molar-refractivity contribution in [3.8, 4) is 22.6 Å². The van der Waals surface area contributed by atoms with Gasteiger partial charge >= 0.3 is 11.9 Å². The lowest BCUT2D eigenvalue weighted by molar-refractivity contribution is -0.334. The molecule has 2 heterocycles. The SMILES string of the molecule is CC(C)C[C@H](O)[C@]1(O)[C@H](O)[C@@H](Oc2ccc3c(=O)c(-c4ccc(O)cc4)coc3c2)O[C@@H](COC(=O)[C@H](O)C(=O)O)[C@@H]1O. The molecule has 3 aromatic rings. The third-order valence-electron chi connectivity index (χ3n) is 7.12. The van der Waals surface area contributed by atoms with Crippen LogP contribution in [0.25, 0.3) is 22.1 Å². The van der Waals surface area contributed by atoms with Gasteiger partial charge in [0, 0.05) is 6.07 Å². The number of aliphatic hydroxyl groups excluding tert-OH is 4. The number of aliphatic carboxylic acids is 1. The number of phenols is 1. The van der Waals surface area contributed by atoms with Crippen molar-refractivity contribution in [2.45, 2.75) is 62.7 Å². The number of aliphatic hydroxyl groups is 5. The van der Waals surface area contributed by atoms with E-state index in [0.29, 0.717) is 5.56 Å². The second kappa shape index (κ2) is 12.7. The van der Waals surface area contributed by atoms with Gasteiger partial charge in [0.15, 0.2) is 11.0 Å². The van der Waals surface area contributed by atoms with Crippen molar-refractivity contribution >= 4 is 22.9 Å². The molecule has 7 N–H and O–H groups in total. The molecule has 0 amide bonds. The summed E-state index contributed by atoms with van der Waals surface area (Å²) in [4.78, 5) is 35.8. The predicted molar refractivity (Wildman–Crippen MR) is 146 cm³/mol. The molecule has 0 bridgehead atoms. The number of aromatic hydroxyl groups is 1. The number of phenolic OH excluding ortho intramolecular Hbond substituents is 1. The summed E-state index contributed by atoms with van der Waals surface area (Å²) in [5.41, 5.74) is -2.23. The number of rotatable bonds is 10. The van der Waals surface area contributed by atoms with Gasteiger partial charge in [-0.2, -0.15) is 0 Å². The Kier molecular flexibility index (Phi) is 9.39. The number of carbonyl (C=O) groups excluding carboxylic acids is 1. The summed E-state index contributed by atoms with van der Waals surface area (Å²) in [6.07, 6.45) is -10.7. The highest BCUT2D eigenvalue weighted by Gasteiger charge is 2.60. The first kappa shape index (κ1) is 31.9. The molecule has 1 fully saturated rings. The number of esters is 1. The molecule has 14 heteroatoms. The number of carboxylic acids is 1. The van der Waals surface area contributed by atoms with Crippen LogP contribution < -0.4 is 10.2 Å². The molecule has 43 heavy (non-hydrogen) atoms. The minimum atomic E-state index is -2.67. The number of hydrogen-bond acceptors (Lipinski definition) is 13. The molecule has 2 aromatic carbocycles. The van der Waals surface area contributed by atoms with Crippen molar-refractivity contribution in [1.29, 1.82) is 0 Å². The fourth-order valence-corrected chi connectivity index (χ4v) is 4.76. The summed E-state index contributed by atoms with van der Waals surface area (Å²) in [5.74, 6) is -3.65. The molecular formula is C29H32O14. The van der Waals surface area contributed by atoms with Crippen LogP contribution in [0.3, 0.4) is 0 Å². The molecule has 0 unspecified atom stereocenters. The Morgan fingerprint density at radius 1 is 1.05 bits per heavy atom. The van der Waals surface area contributed by atoms with E-state index in [1.54, 1.807) is 26.0 Å². The largest absolute Gasteiger partial charge is 0.508 e. The number of fused-ring (bicyclic) bond motifs is 1. The number of carbonyl (C=O) groups is 2. The van der Waals surface area contributed by atoms with Crippen LogP contribution >= 0.6 is 0 Å². The minimum absolute atomic E-state index is 0.0220. The van der Waals surface area contributed by atoms with E-state index in [1.807, 2.05) is 0 Å². The topological polar surface area (TPSA) is 234 Å². The van der Waals surface area contributed by atoms with Crippen LogP contribution in [0.4, 0.5) is 0 Å². The third kappa shape index (κ3) is 6.49. The van der Waals surface area contributed by atoms with Gasteiger partial charge < -0.3 is 54.4 Å². The smallest absolute Gasteiger partial charge is 0.346 e. The monoisotopic (exact) mass is 604 g/mol. The summed E-state index contributed by atoms with van der Waals surface area (Å²) >= 11 is 0. The average Bonchev–Trinajstić information content (AvgIpc) is 2.96. The molecule has 1 saturated heterocycles. The average molecular weight is 605 g/mol. The molecule has 14 nitrogen and oxygen atoms in total. The van der Waals surface area contributed by atoms with Crippen molar-refractivity contribution in [3.05, 3.63) is 59.0 Å². The summed E-state index contributed by atoms with van der Waals surface area (Å²) < 4.78 is 21.7. The van der Waals surface area contributed by atoms with Crippen molar-refractivity contribution in [2.75, 3.05) is 6.61 Å². The molecule has 0 radical (unpaired) electrons. The zero-order valence-corrected chi connectivity index (χ0v) is 23.1. The molecule has 1 aliphatic rings. The Bertz CT molecular complexity index is 1520. The molecule has 7 atom stereocenters. The highest BCUT2D eigenvalue weighted by atomic mass is 16.7. The maximum Gasteiger partial charge on any atom is 0.346 e. The summed E-state index contributed by atoms with van der Waals surface area (Å²) in [6.45, 7) is 2.56. The maximum absolute atomic E-state index is 13.1. The Hall–Kier alpha value is -4.05. The summed E-state index contributed by atoms with van der Waals surface area (Å²) in [6, 6.07) is 9.98. The van der Waals surface area contributed by atoms with E-state index in [2.05, 4.69) is 0 Å². The highest BCUT2D eigenvalue weighted by Crippen LogP contribution is 2.36. The lowest BCUT2D eigenvalue weighted by atomic mass is 9.77. The normalized spacial score (nSPS) is 25.3. The van der Waals surface area contributed by atoms with Gasteiger partial charge in [-0.3, -0.25) is 4.79 Å². The quantitative estimate of drug-likeness (QED) is 0.120. The van der Waals surface area contributed by atoms with Gasteiger partial charge in [0.05, 0.1) is 17.1 Å². The predicted octanol–water partition coefficient (Wildman–Crippen LogP) is 0.118. The molecule has 4 rings (SSSR count). The minimum Gasteiger partial charge on any atom is -0.508 e. The van der Waals surface area contributed by atoms with Crippen LogP contribution in [0.5, 0.6) is 11.5 Å². The van der Waals surface area contributed by atoms with Crippen LogP contribution in [0.1, 0.15) is 20.3 Å². The number of benzene rings is 2. The van der Waals surface area contributed by atoms with E-state index in [-0.39, 0.29) is 45.8 Å². The van der Waals surface area contributed by atoms with E-state index in [4.69, 9.17) is 23.7 Å². The third-order valence-corrected chi connectivity index (χ3v) is 7.12. The van der Waals surface area contributed by atoms with E-state index in [1.165, 1.54) is 36.6 Å². The van der Waals surface area contributed by atoms with Crippen LogP contribution in [-0.4, -0.2) is 96.7 Å². The Morgan fingerprint density at radius 2 is 1.72 bits per heavy atom. The fraction of sp³-hybridized carbons (Fsp3) is 0.414. The van der Waals surface area contributed by atoms with Gasteiger partial charge in [-0.15, -0.1) is 0 Å². The maximum atomic E-state index is 13.1. The lowest BCUT2D eigenvalue weighted by Gasteiger charge is -2.49. The van der Waals surface area contributed by atoms with E-state index >= 15 is 0 Å². The zero-order chi connectivity index (χ0) is 31.6. The molecular weight excluding hydrogens is 572 g/mol. The second-order valence-corrected chi connectivity index (χ2v) is 10.6. The van der Waals surface area contributed by atoms with Gasteiger partial charge in [-0.05, 0) is 42.2 Å². The number of hydrogen-bond donors (Lipinski definition) is 7. The Labute approximate surface area is 243 Å². The molecule has 232 valence electrons. The van der Waals surface area contributed by atoms with Crippen molar-refractivity contribution < 1.29 is 64.0 Å². The van der Waals surface area contributed by atoms with Gasteiger partial charge in [0.2, 0.25) is 12.4 Å². The van der Waals surface area contributed by atoms with E-state index in [0.717, 1.165) is 0 Å². The van der Waals surface area contributed by atoms with Gasteiger partial charge in [-0.25, -0.2) is 9.59 Å². The molecule has 0 aliphatic carbocycles. The number of carboxylic acid groups (broad SMARTS) is 1. The Morgan fingerprint density at radius 3 is 2.35 bits per heavy atom. The number of ether oxygens (including phenoxy) is 3. The Balaban J connectivity index is 1.62. The first-order valence-electron chi connectivity index (χ1n) is 13.2. The second-order valence-electron chi connectivity index (χ2n) is 10.6. The summed E-state index contributed by atoms with van der Waals surface area (Å²) in [7, 11) is 0. The standard InChI is InChI=1S/C29H32O14/c1-13(2)9-21(31)29(39)24(34)20(12-41-27(38)23(33)26(36)37)43-28(25(29)35)42-16-7-8-17-19(10-16)40-11-18(22(17)32)14-3-5-15(30)6-4-14/h3-8,10-11,13,20-21,23-25,28,30-31,33-35,39H,9,12H2,1-2H3,(H,36,37)/t20-,21-,23+,24-,25+,28-,29+/m0/s1. The van der Waals surface area contributed by atoms with Crippen LogP contribution in [0.2, 0.25) is 0 Å². The van der Waals surface area contributed by atoms with E-state index < -0.39 is 61.0 Å². The molecule has 0 saturated carbocycles. The first-order chi connectivity index (χ1) is 20.2. The van der Waals surface area contributed by atoms with Crippen LogP contribution in [0, 0.1) is 5.92 Å². The highest BCUT2D eigenvalue weighted by molar-refractivity contribution is 5.96.